The molecule has 0 atom stereocenters. The van der Waals surface area contributed by atoms with Gasteiger partial charge in [0.1, 0.15) is 5.75 Å². The largest absolute Gasteiger partial charge is 0.707 e. The van der Waals surface area contributed by atoms with E-state index < -0.39 is 7.32 Å². The Bertz CT molecular complexity index is 1230. The molecule has 3 N–H and O–H groups in total. The minimum atomic E-state index is -2.05. The fourth-order valence-electron chi connectivity index (χ4n) is 3.83. The Balaban J connectivity index is 2.10. The van der Waals surface area contributed by atoms with Crippen LogP contribution in [0, 0.1) is 20.8 Å². The van der Waals surface area contributed by atoms with E-state index in [4.69, 9.17) is 4.65 Å². The molecule has 4 rings (SSSR count). The predicted molar refractivity (Wildman–Crippen MR) is 129 cm³/mol. The molecule has 0 fully saturated rings. The van der Waals surface area contributed by atoms with E-state index >= 15 is 0 Å². The first-order valence-electron chi connectivity index (χ1n) is 10.5. The van der Waals surface area contributed by atoms with Crippen molar-refractivity contribution in [2.24, 2.45) is 0 Å². The molecule has 0 amide bonds. The van der Waals surface area contributed by atoms with E-state index in [1.54, 1.807) is 6.07 Å². The van der Waals surface area contributed by atoms with Gasteiger partial charge in [-0.3, -0.25) is 0 Å². The monoisotopic (exact) mass is 424 g/mol. The standard InChI is InChI=1S/C27H25BO4/c1-17-4-10-20(11-5-17)23-16-24(32-28(30)31)27(29)26(22-14-8-19(3)9-15-22)25(23)21-12-6-18(2)7-13-21/h4-16,29-31H,1-3H3. The molecule has 4 aromatic rings. The second-order valence-electron chi connectivity index (χ2n) is 8.06. The summed E-state index contributed by atoms with van der Waals surface area (Å²) in [7, 11) is -2.05. The van der Waals surface area contributed by atoms with Crippen LogP contribution in [0.2, 0.25) is 0 Å². The lowest BCUT2D eigenvalue weighted by molar-refractivity contribution is 0.281. The molecule has 160 valence electrons. The molecule has 0 bridgehead atoms. The Morgan fingerprint density at radius 3 is 1.44 bits per heavy atom. The summed E-state index contributed by atoms with van der Waals surface area (Å²) in [6, 6.07) is 25.7. The Labute approximate surface area is 188 Å². The number of rotatable bonds is 5. The number of phenolic OH excluding ortho intramolecular Hbond substituents is 1. The lowest BCUT2D eigenvalue weighted by Gasteiger charge is -2.21. The van der Waals surface area contributed by atoms with Gasteiger partial charge in [0.05, 0.1) is 0 Å². The van der Waals surface area contributed by atoms with Crippen LogP contribution >= 0.6 is 0 Å². The summed E-state index contributed by atoms with van der Waals surface area (Å²) in [5.41, 5.74) is 8.26. The second-order valence-corrected chi connectivity index (χ2v) is 8.06. The second kappa shape index (κ2) is 8.91. The molecule has 0 aromatic heterocycles. The van der Waals surface area contributed by atoms with E-state index in [0.717, 1.165) is 44.5 Å². The average molecular weight is 424 g/mol. The molecule has 0 heterocycles. The molecule has 0 radical (unpaired) electrons. The topological polar surface area (TPSA) is 69.9 Å². The van der Waals surface area contributed by atoms with Gasteiger partial charge in [-0.05, 0) is 49.1 Å². The molecule has 0 unspecified atom stereocenters. The first-order chi connectivity index (χ1) is 15.3. The average Bonchev–Trinajstić information content (AvgIpc) is 2.77. The fourth-order valence-corrected chi connectivity index (χ4v) is 3.83. The van der Waals surface area contributed by atoms with Crippen LogP contribution in [-0.2, 0) is 0 Å². The van der Waals surface area contributed by atoms with Crippen molar-refractivity contribution in [1.82, 2.24) is 0 Å². The summed E-state index contributed by atoms with van der Waals surface area (Å²) in [6.45, 7) is 6.06. The maximum absolute atomic E-state index is 11.2. The number of benzene rings is 4. The molecule has 32 heavy (non-hydrogen) atoms. The molecule has 4 nitrogen and oxygen atoms in total. The van der Waals surface area contributed by atoms with Crippen molar-refractivity contribution in [2.75, 3.05) is 0 Å². The van der Waals surface area contributed by atoms with Gasteiger partial charge in [0.25, 0.3) is 0 Å². The van der Waals surface area contributed by atoms with Crippen molar-refractivity contribution in [2.45, 2.75) is 20.8 Å². The maximum atomic E-state index is 11.2. The zero-order valence-corrected chi connectivity index (χ0v) is 18.3. The van der Waals surface area contributed by atoms with Gasteiger partial charge in [-0.15, -0.1) is 0 Å². The summed E-state index contributed by atoms with van der Waals surface area (Å²) in [4.78, 5) is 0. The lowest BCUT2D eigenvalue weighted by Crippen LogP contribution is -2.20. The molecule has 0 spiro atoms. The quantitative estimate of drug-likeness (QED) is 0.361. The summed E-state index contributed by atoms with van der Waals surface area (Å²) in [5.74, 6) is -0.143. The van der Waals surface area contributed by atoms with Crippen molar-refractivity contribution < 1.29 is 19.8 Å². The Hall–Kier alpha value is -3.54. The summed E-state index contributed by atoms with van der Waals surface area (Å²) >= 11 is 0. The summed E-state index contributed by atoms with van der Waals surface area (Å²) in [5, 5.41) is 30.2. The van der Waals surface area contributed by atoms with Gasteiger partial charge in [-0.2, -0.15) is 0 Å². The summed E-state index contributed by atoms with van der Waals surface area (Å²) in [6.07, 6.45) is 0. The predicted octanol–water partition coefficient (Wildman–Crippen LogP) is 5.67. The third kappa shape index (κ3) is 4.40. The lowest BCUT2D eigenvalue weighted by atomic mass is 9.86. The van der Waals surface area contributed by atoms with Crippen molar-refractivity contribution in [3.63, 3.8) is 0 Å². The van der Waals surface area contributed by atoms with E-state index in [0.29, 0.717) is 5.56 Å². The molecule has 0 aliphatic rings. The van der Waals surface area contributed by atoms with E-state index in [1.165, 1.54) is 0 Å². The van der Waals surface area contributed by atoms with Crippen LogP contribution < -0.4 is 4.65 Å². The molecule has 0 saturated heterocycles. The van der Waals surface area contributed by atoms with Crippen molar-refractivity contribution in [1.29, 1.82) is 0 Å². The highest BCUT2D eigenvalue weighted by Gasteiger charge is 2.24. The Kier molecular flexibility index (Phi) is 6.04. The maximum Gasteiger partial charge on any atom is 0.707 e. The fraction of sp³-hybridized carbons (Fsp3) is 0.111. The van der Waals surface area contributed by atoms with Crippen molar-refractivity contribution >= 4 is 7.32 Å². The SMILES string of the molecule is Cc1ccc(-c2cc(OB(O)O)c(O)c(-c3ccc(C)cc3)c2-c2ccc(C)cc2)cc1. The van der Waals surface area contributed by atoms with Gasteiger partial charge < -0.3 is 19.8 Å². The first kappa shape index (κ1) is 21.7. The van der Waals surface area contributed by atoms with Crippen LogP contribution in [0.3, 0.4) is 0 Å². The molecule has 0 aliphatic carbocycles. The van der Waals surface area contributed by atoms with E-state index in [-0.39, 0.29) is 11.5 Å². The van der Waals surface area contributed by atoms with Crippen LogP contribution in [0.4, 0.5) is 0 Å². The Morgan fingerprint density at radius 2 is 1.00 bits per heavy atom. The minimum absolute atomic E-state index is 0.00186. The van der Waals surface area contributed by atoms with E-state index in [2.05, 4.69) is 0 Å². The molecule has 5 heteroatoms. The van der Waals surface area contributed by atoms with Crippen LogP contribution in [-0.4, -0.2) is 22.5 Å². The number of aromatic hydroxyl groups is 1. The van der Waals surface area contributed by atoms with Gasteiger partial charge in [-0.25, -0.2) is 0 Å². The zero-order valence-electron chi connectivity index (χ0n) is 18.3. The minimum Gasteiger partial charge on any atom is -0.509 e. The van der Waals surface area contributed by atoms with Crippen LogP contribution in [0.25, 0.3) is 33.4 Å². The van der Waals surface area contributed by atoms with Gasteiger partial charge in [0, 0.05) is 11.1 Å². The van der Waals surface area contributed by atoms with Gasteiger partial charge in [0.15, 0.2) is 5.75 Å². The molecule has 0 aliphatic heterocycles. The number of aryl methyl sites for hydroxylation is 3. The molecular formula is C27H25BO4. The Morgan fingerprint density at radius 1 is 0.594 bits per heavy atom. The molecular weight excluding hydrogens is 399 g/mol. The van der Waals surface area contributed by atoms with Crippen molar-refractivity contribution in [3.8, 4) is 44.9 Å². The van der Waals surface area contributed by atoms with Crippen LogP contribution in [0.15, 0.2) is 78.9 Å². The third-order valence-electron chi connectivity index (χ3n) is 5.54. The van der Waals surface area contributed by atoms with Gasteiger partial charge in [-0.1, -0.05) is 89.5 Å². The van der Waals surface area contributed by atoms with Crippen molar-refractivity contribution in [3.05, 3.63) is 95.6 Å². The number of hydrogen-bond acceptors (Lipinski definition) is 4. The smallest absolute Gasteiger partial charge is 0.509 e. The highest BCUT2D eigenvalue weighted by molar-refractivity contribution is 6.34. The van der Waals surface area contributed by atoms with Crippen LogP contribution in [0.5, 0.6) is 11.5 Å². The highest BCUT2D eigenvalue weighted by atomic mass is 16.6. The van der Waals surface area contributed by atoms with Gasteiger partial charge >= 0.3 is 7.32 Å². The molecule has 4 aromatic carbocycles. The van der Waals surface area contributed by atoms with Crippen LogP contribution in [0.1, 0.15) is 16.7 Å². The number of phenols is 1. The molecule has 0 saturated carbocycles. The zero-order chi connectivity index (χ0) is 22.8. The number of hydrogen-bond donors (Lipinski definition) is 3. The third-order valence-corrected chi connectivity index (χ3v) is 5.54. The summed E-state index contributed by atoms with van der Waals surface area (Å²) < 4.78 is 5.19. The normalized spacial score (nSPS) is 10.8. The van der Waals surface area contributed by atoms with E-state index in [1.807, 2.05) is 93.6 Å². The first-order valence-corrected chi connectivity index (χ1v) is 10.5. The highest BCUT2D eigenvalue weighted by Crippen LogP contribution is 2.49. The van der Waals surface area contributed by atoms with Gasteiger partial charge in [0.2, 0.25) is 0 Å². The van der Waals surface area contributed by atoms with E-state index in [9.17, 15) is 15.2 Å².